The third-order valence-electron chi connectivity index (χ3n) is 4.06. The van der Waals surface area contributed by atoms with Crippen LogP contribution in [0.1, 0.15) is 18.4 Å². The quantitative estimate of drug-likeness (QED) is 0.377. The van der Waals surface area contributed by atoms with Gasteiger partial charge < -0.3 is 15.3 Å². The zero-order chi connectivity index (χ0) is 18.9. The van der Waals surface area contributed by atoms with E-state index in [4.69, 9.17) is 5.11 Å². The van der Waals surface area contributed by atoms with Crippen molar-refractivity contribution in [3.63, 3.8) is 0 Å². The van der Waals surface area contributed by atoms with Crippen LogP contribution in [0.5, 0.6) is 0 Å². The van der Waals surface area contributed by atoms with E-state index >= 15 is 0 Å². The second-order valence-electron chi connectivity index (χ2n) is 6.19. The Bertz CT molecular complexity index is 602. The Hall–Kier alpha value is -0.800. The first-order chi connectivity index (χ1) is 12.5. The van der Waals surface area contributed by atoms with Crippen molar-refractivity contribution in [1.82, 2.24) is 0 Å². The van der Waals surface area contributed by atoms with Crippen LogP contribution >= 0.6 is 34.9 Å². The Balaban J connectivity index is 1.79. The highest BCUT2D eigenvalue weighted by Gasteiger charge is 2.40. The number of aliphatic carboxylic acids is 1. The van der Waals surface area contributed by atoms with E-state index in [1.54, 1.807) is 23.5 Å². The molecule has 4 atom stereocenters. The molecule has 1 aromatic rings. The molecule has 5 nitrogen and oxygen atoms in total. The lowest BCUT2D eigenvalue weighted by molar-refractivity contribution is -0.133. The van der Waals surface area contributed by atoms with Gasteiger partial charge >= 0.3 is 5.97 Å². The van der Waals surface area contributed by atoms with Gasteiger partial charge in [-0.15, -0.1) is 11.8 Å². The molecule has 0 radical (unpaired) electrons. The Labute approximate surface area is 165 Å². The Morgan fingerprint density at radius 1 is 1.42 bits per heavy atom. The summed E-state index contributed by atoms with van der Waals surface area (Å²) in [5.41, 5.74) is 1.07. The molecule has 1 aliphatic carbocycles. The fourth-order valence-corrected chi connectivity index (χ4v) is 5.69. The summed E-state index contributed by atoms with van der Waals surface area (Å²) in [4.78, 5) is 22.6. The van der Waals surface area contributed by atoms with Gasteiger partial charge in [0.25, 0.3) is 0 Å². The molecule has 26 heavy (non-hydrogen) atoms. The summed E-state index contributed by atoms with van der Waals surface area (Å²) in [7, 11) is 0. The third-order valence-corrected chi connectivity index (χ3v) is 7.28. The zero-order valence-corrected chi connectivity index (χ0v) is 16.8. The molecule has 0 amide bonds. The number of rotatable bonds is 11. The van der Waals surface area contributed by atoms with Gasteiger partial charge in [-0.1, -0.05) is 12.2 Å². The largest absolute Gasteiger partial charge is 0.481 e. The summed E-state index contributed by atoms with van der Waals surface area (Å²) in [6.45, 7) is 0. The van der Waals surface area contributed by atoms with Crippen molar-refractivity contribution in [3.8, 4) is 0 Å². The Morgan fingerprint density at radius 3 is 2.92 bits per heavy atom. The first-order valence-electron chi connectivity index (χ1n) is 8.46. The van der Waals surface area contributed by atoms with Crippen molar-refractivity contribution >= 4 is 46.6 Å². The number of carboxylic acids is 1. The smallest absolute Gasteiger partial charge is 0.313 e. The number of thioether (sulfide) groups is 2. The highest BCUT2D eigenvalue weighted by atomic mass is 32.2. The molecule has 1 fully saturated rings. The van der Waals surface area contributed by atoms with Crippen molar-refractivity contribution in [2.75, 3.05) is 17.3 Å². The maximum atomic E-state index is 12.1. The topological polar surface area (TPSA) is 94.8 Å². The first kappa shape index (κ1) is 21.5. The van der Waals surface area contributed by atoms with Crippen LogP contribution in [0.3, 0.4) is 0 Å². The van der Waals surface area contributed by atoms with Crippen LogP contribution in [0.2, 0.25) is 0 Å². The van der Waals surface area contributed by atoms with Crippen molar-refractivity contribution in [3.05, 3.63) is 34.5 Å². The van der Waals surface area contributed by atoms with E-state index in [-0.39, 0.29) is 29.1 Å². The molecule has 1 aliphatic rings. The second kappa shape index (κ2) is 11.1. The number of Topliss-reactive ketones (excluding diaryl/α,β-unsaturated/α-hetero) is 1. The van der Waals surface area contributed by atoms with Gasteiger partial charge in [-0.2, -0.15) is 23.1 Å². The normalized spacial score (nSPS) is 24.4. The van der Waals surface area contributed by atoms with Crippen molar-refractivity contribution < 1.29 is 24.9 Å². The van der Waals surface area contributed by atoms with E-state index in [0.717, 1.165) is 23.5 Å². The molecule has 144 valence electrons. The number of carbonyl (C=O) groups is 2. The lowest BCUT2D eigenvalue weighted by Gasteiger charge is -2.17. The van der Waals surface area contributed by atoms with Crippen LogP contribution in [-0.4, -0.2) is 61.8 Å². The number of ketones is 1. The molecule has 1 aromatic heterocycles. The van der Waals surface area contributed by atoms with Crippen LogP contribution in [0.4, 0.5) is 0 Å². The highest BCUT2D eigenvalue weighted by molar-refractivity contribution is 8.01. The molecule has 1 heterocycles. The standard InChI is InChI=1S/C18H24O5S3/c19-13(8-12-4-7-25-10-12)2-3-14-15(20)9-16(21)18(14)26-6-1-5-24-11-17(22)23/h2-4,7,10,13-15,18-20H,1,5-6,8-9,11H2,(H,22,23)/b3-2+/t13?,14-,15+,18+/m0/s1. The van der Waals surface area contributed by atoms with Crippen LogP contribution < -0.4 is 0 Å². The van der Waals surface area contributed by atoms with Crippen molar-refractivity contribution in [2.45, 2.75) is 36.7 Å². The van der Waals surface area contributed by atoms with Gasteiger partial charge in [0.15, 0.2) is 0 Å². The molecule has 8 heteroatoms. The van der Waals surface area contributed by atoms with E-state index in [9.17, 15) is 19.8 Å². The minimum atomic E-state index is -0.817. The minimum absolute atomic E-state index is 0.0441. The van der Waals surface area contributed by atoms with Crippen LogP contribution in [0, 0.1) is 5.92 Å². The van der Waals surface area contributed by atoms with Gasteiger partial charge in [0.1, 0.15) is 5.78 Å². The van der Waals surface area contributed by atoms with Gasteiger partial charge in [0, 0.05) is 18.8 Å². The number of hydrogen-bond acceptors (Lipinski definition) is 7. The molecule has 1 saturated carbocycles. The Morgan fingerprint density at radius 2 is 2.23 bits per heavy atom. The van der Waals surface area contributed by atoms with Crippen LogP contribution in [0.15, 0.2) is 29.0 Å². The third kappa shape index (κ3) is 7.08. The number of hydrogen-bond donors (Lipinski definition) is 3. The highest BCUT2D eigenvalue weighted by Crippen LogP contribution is 2.34. The maximum Gasteiger partial charge on any atom is 0.313 e. The minimum Gasteiger partial charge on any atom is -0.481 e. The molecule has 0 aromatic carbocycles. The number of aliphatic hydroxyl groups is 2. The average molecular weight is 417 g/mol. The Kier molecular flexibility index (Phi) is 9.21. The lowest BCUT2D eigenvalue weighted by atomic mass is 10.0. The summed E-state index contributed by atoms with van der Waals surface area (Å²) in [6.07, 6.45) is 3.62. The second-order valence-corrected chi connectivity index (χ2v) is 9.33. The molecule has 2 rings (SSSR count). The fourth-order valence-electron chi connectivity index (χ4n) is 2.81. The molecule has 0 aliphatic heterocycles. The zero-order valence-electron chi connectivity index (χ0n) is 14.3. The number of aliphatic hydroxyl groups excluding tert-OH is 2. The van der Waals surface area contributed by atoms with Crippen LogP contribution in [-0.2, 0) is 16.0 Å². The van der Waals surface area contributed by atoms with Gasteiger partial charge in [-0.25, -0.2) is 0 Å². The van der Waals surface area contributed by atoms with Crippen molar-refractivity contribution in [1.29, 1.82) is 0 Å². The monoisotopic (exact) mass is 416 g/mol. The molecule has 0 spiro atoms. The summed E-state index contributed by atoms with van der Waals surface area (Å²) >= 11 is 4.47. The predicted octanol–water partition coefficient (Wildman–Crippen LogP) is 2.47. The van der Waals surface area contributed by atoms with E-state index in [0.29, 0.717) is 6.42 Å². The van der Waals surface area contributed by atoms with Gasteiger partial charge in [-0.3, -0.25) is 9.59 Å². The molecular weight excluding hydrogens is 392 g/mol. The van der Waals surface area contributed by atoms with E-state index < -0.39 is 18.2 Å². The molecule has 0 saturated heterocycles. The molecule has 3 N–H and O–H groups in total. The van der Waals surface area contributed by atoms with Gasteiger partial charge in [-0.05, 0) is 40.3 Å². The number of carboxylic acid groups (broad SMARTS) is 1. The molecule has 0 bridgehead atoms. The summed E-state index contributed by atoms with van der Waals surface area (Å²) in [5, 5.41) is 32.6. The van der Waals surface area contributed by atoms with E-state index in [2.05, 4.69) is 0 Å². The number of carbonyl (C=O) groups excluding carboxylic acids is 1. The predicted molar refractivity (Wildman–Crippen MR) is 108 cm³/mol. The average Bonchev–Trinajstić information content (AvgIpc) is 3.17. The lowest BCUT2D eigenvalue weighted by Crippen LogP contribution is -2.22. The van der Waals surface area contributed by atoms with Gasteiger partial charge in [0.2, 0.25) is 0 Å². The van der Waals surface area contributed by atoms with Crippen LogP contribution in [0.25, 0.3) is 0 Å². The summed E-state index contributed by atoms with van der Waals surface area (Å²) in [5.74, 6) is 0.529. The van der Waals surface area contributed by atoms with E-state index in [1.807, 2.05) is 16.8 Å². The van der Waals surface area contributed by atoms with Crippen molar-refractivity contribution in [2.24, 2.45) is 5.92 Å². The molecular formula is C18H24O5S3. The van der Waals surface area contributed by atoms with Gasteiger partial charge in [0.05, 0.1) is 23.2 Å². The summed E-state index contributed by atoms with van der Waals surface area (Å²) in [6, 6.07) is 1.97. The molecule has 1 unspecified atom stereocenters. The van der Waals surface area contributed by atoms with E-state index in [1.165, 1.54) is 23.5 Å². The first-order valence-corrected chi connectivity index (χ1v) is 11.6. The summed E-state index contributed by atoms with van der Waals surface area (Å²) < 4.78 is 0. The maximum absolute atomic E-state index is 12.1. The fraction of sp³-hybridized carbons (Fsp3) is 0.556. The SMILES string of the molecule is O=C(O)CSCCCS[C@H]1C(=O)C[C@@H](O)[C@@H]1/C=C/C(O)Cc1ccsc1. The number of thiophene rings is 1.